The molecule has 0 aliphatic rings. The number of amides is 1. The summed E-state index contributed by atoms with van der Waals surface area (Å²) in [5.74, 6) is -0.173. The summed E-state index contributed by atoms with van der Waals surface area (Å²) in [7, 11) is 3.18. The Morgan fingerprint density at radius 3 is 2.30 bits per heavy atom. The molecule has 1 aromatic rings. The smallest absolute Gasteiger partial charge is 0.272 e. The van der Waals surface area contributed by atoms with Crippen LogP contribution >= 0.6 is 12.2 Å². The lowest BCUT2D eigenvalue weighted by molar-refractivity contribution is 0.0622. The first kappa shape index (κ1) is 16.5. The number of thiocarbonyl (C=S) groups is 1. The van der Waals surface area contributed by atoms with Gasteiger partial charge >= 0.3 is 0 Å². The molecule has 20 heavy (non-hydrogen) atoms. The summed E-state index contributed by atoms with van der Waals surface area (Å²) in [6.45, 7) is 1.88. The second-order valence-corrected chi connectivity index (χ2v) is 4.51. The molecule has 0 unspecified atom stereocenters. The lowest BCUT2D eigenvalue weighted by Crippen LogP contribution is -2.37. The Bertz CT molecular complexity index is 443. The van der Waals surface area contributed by atoms with Crippen molar-refractivity contribution in [3.63, 3.8) is 0 Å². The summed E-state index contributed by atoms with van der Waals surface area (Å²) in [6.07, 6.45) is 1.50. The van der Waals surface area contributed by atoms with Crippen LogP contribution in [0.15, 0.2) is 18.3 Å². The molecule has 0 aliphatic carbocycles. The SMILES string of the molecule is COCCN(CCOC)C(=O)c1ccc(C(N)=S)cn1. The standard InChI is InChI=1S/C13H19N3O3S/c1-18-7-5-16(6-8-19-2)13(17)11-4-3-10(9-15-11)12(14)20/h3-4,9H,5-8H2,1-2H3,(H2,14,20). The lowest BCUT2D eigenvalue weighted by Gasteiger charge is -2.21. The summed E-state index contributed by atoms with van der Waals surface area (Å²) in [4.78, 5) is 18.3. The van der Waals surface area contributed by atoms with Gasteiger partial charge in [-0.2, -0.15) is 0 Å². The maximum Gasteiger partial charge on any atom is 0.272 e. The van der Waals surface area contributed by atoms with Gasteiger partial charge in [-0.25, -0.2) is 0 Å². The zero-order valence-electron chi connectivity index (χ0n) is 11.7. The van der Waals surface area contributed by atoms with E-state index in [1.54, 1.807) is 31.3 Å². The van der Waals surface area contributed by atoms with Gasteiger partial charge in [0.1, 0.15) is 10.7 Å². The molecule has 0 aromatic carbocycles. The van der Waals surface area contributed by atoms with Crippen LogP contribution in [0.3, 0.4) is 0 Å². The highest BCUT2D eigenvalue weighted by molar-refractivity contribution is 7.80. The minimum absolute atomic E-state index is 0.173. The van der Waals surface area contributed by atoms with Crippen LogP contribution in [0, 0.1) is 0 Å². The van der Waals surface area contributed by atoms with E-state index >= 15 is 0 Å². The topological polar surface area (TPSA) is 77.7 Å². The molecular weight excluding hydrogens is 278 g/mol. The molecule has 1 rings (SSSR count). The van der Waals surface area contributed by atoms with Crippen LogP contribution in [0.4, 0.5) is 0 Å². The number of hydrogen-bond donors (Lipinski definition) is 1. The van der Waals surface area contributed by atoms with Crippen LogP contribution in [0.25, 0.3) is 0 Å². The molecule has 1 amide bonds. The summed E-state index contributed by atoms with van der Waals surface area (Å²) < 4.78 is 10.0. The van der Waals surface area contributed by atoms with Gasteiger partial charge in [-0.05, 0) is 12.1 Å². The highest BCUT2D eigenvalue weighted by Gasteiger charge is 2.16. The van der Waals surface area contributed by atoms with Gasteiger partial charge in [-0.3, -0.25) is 9.78 Å². The number of carbonyl (C=O) groups excluding carboxylic acids is 1. The molecule has 0 saturated carbocycles. The Morgan fingerprint density at radius 2 is 1.90 bits per heavy atom. The Morgan fingerprint density at radius 1 is 1.30 bits per heavy atom. The largest absolute Gasteiger partial charge is 0.389 e. The zero-order chi connectivity index (χ0) is 15.0. The summed E-state index contributed by atoms with van der Waals surface area (Å²) >= 11 is 4.85. The second kappa shape index (κ2) is 8.57. The number of aromatic nitrogens is 1. The summed E-state index contributed by atoms with van der Waals surface area (Å²) in [5, 5.41) is 0. The second-order valence-electron chi connectivity index (χ2n) is 4.07. The highest BCUT2D eigenvalue weighted by Crippen LogP contribution is 2.05. The maximum absolute atomic E-state index is 12.3. The summed E-state index contributed by atoms with van der Waals surface area (Å²) in [5.41, 5.74) is 6.47. The first-order valence-corrected chi connectivity index (χ1v) is 6.54. The van der Waals surface area contributed by atoms with Gasteiger partial charge in [0, 0.05) is 39.1 Å². The van der Waals surface area contributed by atoms with Gasteiger partial charge in [0.05, 0.1) is 13.2 Å². The highest BCUT2D eigenvalue weighted by atomic mass is 32.1. The predicted molar refractivity (Wildman–Crippen MR) is 79.8 cm³/mol. The van der Waals surface area contributed by atoms with E-state index in [9.17, 15) is 4.79 Å². The molecule has 0 saturated heterocycles. The predicted octanol–water partition coefficient (Wildman–Crippen LogP) is 0.451. The van der Waals surface area contributed by atoms with Crippen molar-refractivity contribution in [2.75, 3.05) is 40.5 Å². The number of ether oxygens (including phenoxy) is 2. The normalized spacial score (nSPS) is 10.3. The lowest BCUT2D eigenvalue weighted by atomic mass is 10.2. The van der Waals surface area contributed by atoms with E-state index in [1.165, 1.54) is 6.20 Å². The number of methoxy groups -OCH3 is 2. The fourth-order valence-electron chi connectivity index (χ4n) is 1.55. The van der Waals surface area contributed by atoms with Gasteiger partial charge in [-0.1, -0.05) is 12.2 Å². The number of nitrogens with zero attached hydrogens (tertiary/aromatic N) is 2. The summed E-state index contributed by atoms with van der Waals surface area (Å²) in [6, 6.07) is 3.30. The Kier molecular flexibility index (Phi) is 7.06. The Labute approximate surface area is 123 Å². The van der Waals surface area contributed by atoms with Crippen LogP contribution in [-0.2, 0) is 9.47 Å². The van der Waals surface area contributed by atoms with Crippen molar-refractivity contribution in [1.82, 2.24) is 9.88 Å². The van der Waals surface area contributed by atoms with Crippen molar-refractivity contribution in [3.05, 3.63) is 29.6 Å². The van der Waals surface area contributed by atoms with Gasteiger partial charge in [0.2, 0.25) is 0 Å². The van der Waals surface area contributed by atoms with Crippen LogP contribution in [0.2, 0.25) is 0 Å². The number of rotatable bonds is 8. The Hall–Kier alpha value is -1.57. The van der Waals surface area contributed by atoms with Crippen LogP contribution in [0.5, 0.6) is 0 Å². The third kappa shape index (κ3) is 4.84. The molecule has 2 N–H and O–H groups in total. The van der Waals surface area contributed by atoms with Gasteiger partial charge in [-0.15, -0.1) is 0 Å². The van der Waals surface area contributed by atoms with Crippen molar-refractivity contribution in [2.45, 2.75) is 0 Å². The monoisotopic (exact) mass is 297 g/mol. The van der Waals surface area contributed by atoms with E-state index in [0.717, 1.165) is 0 Å². The maximum atomic E-state index is 12.3. The van der Waals surface area contributed by atoms with Crippen molar-refractivity contribution < 1.29 is 14.3 Å². The molecule has 1 heterocycles. The van der Waals surface area contributed by atoms with Gasteiger partial charge in [0.15, 0.2) is 0 Å². The minimum Gasteiger partial charge on any atom is -0.389 e. The molecule has 0 atom stereocenters. The zero-order valence-corrected chi connectivity index (χ0v) is 12.5. The molecule has 1 aromatic heterocycles. The van der Waals surface area contributed by atoms with Crippen molar-refractivity contribution in [1.29, 1.82) is 0 Å². The molecular formula is C13H19N3O3S. The fourth-order valence-corrected chi connectivity index (χ4v) is 1.67. The number of hydrogen-bond acceptors (Lipinski definition) is 5. The van der Waals surface area contributed by atoms with Crippen LogP contribution < -0.4 is 5.73 Å². The van der Waals surface area contributed by atoms with E-state index in [2.05, 4.69) is 4.98 Å². The van der Waals surface area contributed by atoms with Crippen LogP contribution in [-0.4, -0.2) is 61.3 Å². The molecule has 6 nitrogen and oxygen atoms in total. The Balaban J connectivity index is 2.78. The first-order valence-electron chi connectivity index (χ1n) is 6.13. The number of carbonyl (C=O) groups is 1. The molecule has 0 bridgehead atoms. The van der Waals surface area contributed by atoms with Crippen molar-refractivity contribution >= 4 is 23.1 Å². The third-order valence-electron chi connectivity index (χ3n) is 2.68. The van der Waals surface area contributed by atoms with E-state index in [-0.39, 0.29) is 10.9 Å². The van der Waals surface area contributed by atoms with Crippen LogP contribution in [0.1, 0.15) is 16.1 Å². The molecule has 0 fully saturated rings. The molecule has 0 radical (unpaired) electrons. The quantitative estimate of drug-likeness (QED) is 0.702. The first-order chi connectivity index (χ1) is 9.60. The minimum atomic E-state index is -0.173. The van der Waals surface area contributed by atoms with E-state index in [4.69, 9.17) is 27.4 Å². The van der Waals surface area contributed by atoms with Gasteiger partial charge in [0.25, 0.3) is 5.91 Å². The van der Waals surface area contributed by atoms with E-state index in [0.29, 0.717) is 37.6 Å². The van der Waals surface area contributed by atoms with Gasteiger partial charge < -0.3 is 20.1 Å². The number of nitrogens with two attached hydrogens (primary N) is 1. The molecule has 0 aliphatic heterocycles. The molecule has 0 spiro atoms. The average Bonchev–Trinajstić information content (AvgIpc) is 2.47. The fraction of sp³-hybridized carbons (Fsp3) is 0.462. The van der Waals surface area contributed by atoms with E-state index < -0.39 is 0 Å². The molecule has 110 valence electrons. The number of pyridine rings is 1. The average molecular weight is 297 g/mol. The third-order valence-corrected chi connectivity index (χ3v) is 2.92. The molecule has 7 heteroatoms. The van der Waals surface area contributed by atoms with Crippen molar-refractivity contribution in [2.24, 2.45) is 5.73 Å². The van der Waals surface area contributed by atoms with E-state index in [1.807, 2.05) is 0 Å². The van der Waals surface area contributed by atoms with Crippen molar-refractivity contribution in [3.8, 4) is 0 Å².